The molecule has 0 unspecified atom stereocenters. The molecule has 45 heavy (non-hydrogen) atoms. The number of phenolic OH excluding ortho intramolecular Hbond substituents is 3. The van der Waals surface area contributed by atoms with Gasteiger partial charge in [0.05, 0.1) is 27.2 Å². The van der Waals surface area contributed by atoms with E-state index in [2.05, 4.69) is 11.1 Å². The molecule has 0 aliphatic heterocycles. The van der Waals surface area contributed by atoms with Gasteiger partial charge in [-0.25, -0.2) is 0 Å². The van der Waals surface area contributed by atoms with Crippen molar-refractivity contribution in [1.29, 1.82) is 0 Å². The number of hydrogen-bond acceptors (Lipinski definition) is 7. The maximum absolute atomic E-state index is 11.8. The Morgan fingerprint density at radius 1 is 0.578 bits per heavy atom. The van der Waals surface area contributed by atoms with Crippen molar-refractivity contribution < 1.29 is 35.7 Å². The van der Waals surface area contributed by atoms with Crippen molar-refractivity contribution in [3.8, 4) is 39.8 Å². The number of fused-ring (bicyclic) bond motifs is 4. The maximum atomic E-state index is 11.8. The minimum absolute atomic E-state index is 0.181. The molecule has 7 rings (SSSR count). The lowest BCUT2D eigenvalue weighted by atomic mass is 9.98. The van der Waals surface area contributed by atoms with Crippen molar-refractivity contribution in [2.45, 2.75) is 0 Å². The summed E-state index contributed by atoms with van der Waals surface area (Å²) in [5, 5.41) is 77.3. The summed E-state index contributed by atoms with van der Waals surface area (Å²) >= 11 is 0. The lowest BCUT2D eigenvalue weighted by Crippen LogP contribution is -2.33. The van der Waals surface area contributed by atoms with E-state index < -0.39 is 39.9 Å². The highest BCUT2D eigenvalue weighted by Crippen LogP contribution is 2.49. The van der Waals surface area contributed by atoms with Crippen LogP contribution >= 0.6 is 0 Å². The van der Waals surface area contributed by atoms with Crippen LogP contribution in [0.1, 0.15) is 0 Å². The molecule has 9 heteroatoms. The van der Waals surface area contributed by atoms with E-state index in [1.54, 1.807) is 42.5 Å². The van der Waals surface area contributed by atoms with Gasteiger partial charge in [0.25, 0.3) is 5.95 Å². The molecule has 0 saturated carbocycles. The Labute approximate surface area is 254 Å². The molecule has 0 amide bonds. The van der Waals surface area contributed by atoms with Crippen molar-refractivity contribution in [2.24, 2.45) is 0 Å². The van der Waals surface area contributed by atoms with E-state index in [1.165, 1.54) is 4.57 Å². The Morgan fingerprint density at radius 2 is 1.16 bits per heavy atom. The third kappa shape index (κ3) is 3.95. The molecule has 5 aromatic carbocycles. The van der Waals surface area contributed by atoms with E-state index in [1.807, 2.05) is 60.7 Å². The van der Waals surface area contributed by atoms with Crippen LogP contribution in [0.25, 0.3) is 66.9 Å². The lowest BCUT2D eigenvalue weighted by Gasteiger charge is -2.14. The number of aliphatic hydroxyl groups excluding tert-OH is 3. The fraction of sp³-hybridized carbons (Fsp3) is 0. The van der Waals surface area contributed by atoms with E-state index in [0.29, 0.717) is 11.3 Å². The molecule has 222 valence electrons. The second kappa shape index (κ2) is 10.1. The highest BCUT2D eigenvalue weighted by Gasteiger charge is 2.29. The van der Waals surface area contributed by atoms with Crippen molar-refractivity contribution in [2.75, 3.05) is 0 Å². The van der Waals surface area contributed by atoms with Crippen LogP contribution < -0.4 is 10.6 Å². The zero-order chi connectivity index (χ0) is 31.6. The average Bonchev–Trinajstić information content (AvgIpc) is 3.58. The molecule has 2 aromatic heterocycles. The van der Waals surface area contributed by atoms with Crippen LogP contribution in [0.5, 0.6) is 17.2 Å². The Bertz CT molecular complexity index is 2460. The zero-order valence-electron chi connectivity index (χ0n) is 23.5. The van der Waals surface area contributed by atoms with Gasteiger partial charge in [0, 0.05) is 22.1 Å². The van der Waals surface area contributed by atoms with Crippen LogP contribution in [0.4, 0.5) is 0 Å². The van der Waals surface area contributed by atoms with Gasteiger partial charge in [-0.3, -0.25) is 0 Å². The van der Waals surface area contributed by atoms with Crippen molar-refractivity contribution in [3.05, 3.63) is 126 Å². The fourth-order valence-electron chi connectivity index (χ4n) is 6.17. The van der Waals surface area contributed by atoms with E-state index in [4.69, 9.17) is 0 Å². The summed E-state index contributed by atoms with van der Waals surface area (Å²) in [6.45, 7) is 3.35. The zero-order valence-corrected chi connectivity index (χ0v) is 23.5. The SMILES string of the molecule is C=C(O)/C(O)=c1\c(=C(O)O)c2c(O)c(-c3ccc4c(c3)c3ccccc3n4-c3ccccc3)c(O)c(O)c2n1-c1ccccc1. The van der Waals surface area contributed by atoms with Crippen LogP contribution in [0, 0.1) is 0 Å². The Balaban J connectivity index is 1.63. The van der Waals surface area contributed by atoms with Gasteiger partial charge >= 0.3 is 0 Å². The van der Waals surface area contributed by atoms with E-state index in [9.17, 15) is 35.7 Å². The normalized spacial score (nSPS) is 12.2. The molecule has 7 N–H and O–H groups in total. The lowest BCUT2D eigenvalue weighted by molar-refractivity contribution is 0.298. The van der Waals surface area contributed by atoms with Crippen LogP contribution in [0.3, 0.4) is 0 Å². The summed E-state index contributed by atoms with van der Waals surface area (Å²) in [6.07, 6.45) is 0. The minimum Gasteiger partial charge on any atom is -0.506 e. The van der Waals surface area contributed by atoms with E-state index in [0.717, 1.165) is 27.5 Å². The topological polar surface area (TPSA) is 151 Å². The molecular formula is C36H26N2O7. The van der Waals surface area contributed by atoms with Crippen LogP contribution in [0.15, 0.2) is 115 Å². The van der Waals surface area contributed by atoms with Gasteiger partial charge in [-0.05, 0) is 48.0 Å². The van der Waals surface area contributed by atoms with Gasteiger partial charge in [-0.15, -0.1) is 0 Å². The Morgan fingerprint density at radius 3 is 1.78 bits per heavy atom. The summed E-state index contributed by atoms with van der Waals surface area (Å²) in [5.74, 6) is -4.96. The second-order valence-corrected chi connectivity index (χ2v) is 10.6. The first-order chi connectivity index (χ1) is 21.7. The summed E-state index contributed by atoms with van der Waals surface area (Å²) in [6, 6.07) is 31.1. The number of hydrogen-bond donors (Lipinski definition) is 7. The van der Waals surface area contributed by atoms with Gasteiger partial charge in [0.2, 0.25) is 0 Å². The monoisotopic (exact) mass is 598 g/mol. The number of rotatable bonds is 4. The first-order valence-electron chi connectivity index (χ1n) is 13.9. The quantitative estimate of drug-likeness (QED) is 0.0701. The molecule has 0 saturated heterocycles. The maximum Gasteiger partial charge on any atom is 0.284 e. The smallest absolute Gasteiger partial charge is 0.284 e. The van der Waals surface area contributed by atoms with Gasteiger partial charge in [-0.2, -0.15) is 0 Å². The Hall–Kier alpha value is -6.48. The number of nitrogens with zero attached hydrogens (tertiary/aromatic N) is 2. The second-order valence-electron chi connectivity index (χ2n) is 10.6. The average molecular weight is 599 g/mol. The highest BCUT2D eigenvalue weighted by molar-refractivity contribution is 6.11. The predicted molar refractivity (Wildman–Crippen MR) is 174 cm³/mol. The number of benzene rings is 5. The highest BCUT2D eigenvalue weighted by atomic mass is 16.5. The number of phenols is 3. The summed E-state index contributed by atoms with van der Waals surface area (Å²) in [4.78, 5) is 0. The largest absolute Gasteiger partial charge is 0.506 e. The van der Waals surface area contributed by atoms with E-state index in [-0.39, 0.29) is 21.8 Å². The molecule has 0 aliphatic rings. The standard InChI is InChI=1S/C36H26N2O7/c1-19(39)32(40)31-29(36(44)45)28-30(38(31)22-12-6-3-7-13-22)35(43)34(42)27(33(28)41)20-16-17-26-24(18-20)23-14-8-9-15-25(23)37(26)21-10-4-2-5-11-21/h2-18,39-45H,1H2/b32-31-. The molecule has 0 fully saturated rings. The first kappa shape index (κ1) is 27.4. The fourth-order valence-corrected chi connectivity index (χ4v) is 6.17. The number of aliphatic hydroxyl groups is 4. The van der Waals surface area contributed by atoms with Gasteiger partial charge < -0.3 is 44.9 Å². The van der Waals surface area contributed by atoms with Crippen LogP contribution in [-0.4, -0.2) is 44.9 Å². The third-order valence-electron chi connectivity index (χ3n) is 8.04. The molecule has 0 spiro atoms. The van der Waals surface area contributed by atoms with E-state index >= 15 is 0 Å². The first-order valence-corrected chi connectivity index (χ1v) is 13.9. The number of para-hydroxylation sites is 3. The van der Waals surface area contributed by atoms with Crippen LogP contribution in [-0.2, 0) is 0 Å². The minimum atomic E-state index is -1.31. The number of aromatic hydroxyl groups is 3. The van der Waals surface area contributed by atoms with Crippen molar-refractivity contribution in [3.63, 3.8) is 0 Å². The van der Waals surface area contributed by atoms with Gasteiger partial charge in [0.15, 0.2) is 23.0 Å². The summed E-state index contributed by atoms with van der Waals surface area (Å²) in [5.41, 5.74) is 2.93. The van der Waals surface area contributed by atoms with Gasteiger partial charge in [-0.1, -0.05) is 67.2 Å². The predicted octanol–water partition coefficient (Wildman–Crippen LogP) is 6.43. The molecular weight excluding hydrogens is 572 g/mol. The third-order valence-corrected chi connectivity index (χ3v) is 8.04. The Kier molecular flexibility index (Phi) is 6.12. The molecule has 0 atom stereocenters. The van der Waals surface area contributed by atoms with Crippen molar-refractivity contribution >= 4 is 44.4 Å². The summed E-state index contributed by atoms with van der Waals surface area (Å²) in [7, 11) is 0. The van der Waals surface area contributed by atoms with Crippen molar-refractivity contribution in [1.82, 2.24) is 9.13 Å². The molecule has 0 bridgehead atoms. The summed E-state index contributed by atoms with van der Waals surface area (Å²) < 4.78 is 3.28. The number of aromatic nitrogens is 2. The molecule has 9 nitrogen and oxygen atoms in total. The molecule has 0 radical (unpaired) electrons. The molecule has 2 heterocycles. The van der Waals surface area contributed by atoms with Crippen LogP contribution in [0.2, 0.25) is 0 Å². The van der Waals surface area contributed by atoms with Gasteiger partial charge in [0.1, 0.15) is 16.6 Å². The molecule has 7 aromatic rings. The molecule has 0 aliphatic carbocycles.